The summed E-state index contributed by atoms with van der Waals surface area (Å²) >= 11 is 0. The molecule has 0 bridgehead atoms. The van der Waals surface area contributed by atoms with Crippen molar-refractivity contribution >= 4 is 11.9 Å². The normalized spacial score (nSPS) is 12.2. The number of hydrogen-bond donors (Lipinski definition) is 1. The monoisotopic (exact) mass is 331 g/mol. The van der Waals surface area contributed by atoms with E-state index in [1.54, 1.807) is 0 Å². The zero-order valence-corrected chi connectivity index (χ0v) is 14.0. The smallest absolute Gasteiger partial charge is 0.307 e. The number of ether oxygens (including phenoxy) is 1. The zero-order valence-electron chi connectivity index (χ0n) is 14.0. The van der Waals surface area contributed by atoms with Crippen LogP contribution in [0.15, 0.2) is 28.8 Å². The van der Waals surface area contributed by atoms with Crippen molar-refractivity contribution < 1.29 is 18.8 Å². The Bertz CT molecular complexity index is 707. The maximum Gasteiger partial charge on any atom is 0.307 e. The lowest BCUT2D eigenvalue weighted by Gasteiger charge is -2.08. The van der Waals surface area contributed by atoms with Gasteiger partial charge in [-0.25, -0.2) is 0 Å². The molecule has 1 aromatic heterocycles. The molecular weight excluding hydrogens is 310 g/mol. The van der Waals surface area contributed by atoms with Gasteiger partial charge in [0.2, 0.25) is 11.7 Å². The minimum absolute atomic E-state index is 0.0333. The van der Waals surface area contributed by atoms with Crippen molar-refractivity contribution in [1.82, 2.24) is 10.1 Å². The summed E-state index contributed by atoms with van der Waals surface area (Å²) in [4.78, 5) is 26.7. The lowest BCUT2D eigenvalue weighted by molar-refractivity contribution is -0.153. The molecule has 1 atom stereocenters. The Balaban J connectivity index is 1.93. The molecule has 2 N–H and O–H groups in total. The average molecular weight is 331 g/mol. The van der Waals surface area contributed by atoms with Crippen molar-refractivity contribution in [2.45, 2.75) is 45.6 Å². The quantitative estimate of drug-likeness (QED) is 0.779. The molecule has 1 heterocycles. The van der Waals surface area contributed by atoms with Crippen LogP contribution in [0.5, 0.6) is 0 Å². The van der Waals surface area contributed by atoms with E-state index in [2.05, 4.69) is 24.0 Å². The standard InChI is InChI=1S/C17H21N3O4/c1-10(2)12-4-6-13(7-5-12)17-19-14(24-20-17)8-9-15(21)23-11(3)16(18)22/h4-7,10-11H,8-9H2,1-3H3,(H2,18,22)/t11-/m1/s1. The first kappa shape index (κ1) is 17.7. The molecule has 0 saturated heterocycles. The van der Waals surface area contributed by atoms with Crippen molar-refractivity contribution in [3.05, 3.63) is 35.7 Å². The fraction of sp³-hybridized carbons (Fsp3) is 0.412. The van der Waals surface area contributed by atoms with Gasteiger partial charge >= 0.3 is 5.97 Å². The predicted octanol–water partition coefficient (Wildman–Crippen LogP) is 2.21. The number of amides is 1. The van der Waals surface area contributed by atoms with Gasteiger partial charge in [0, 0.05) is 12.0 Å². The Labute approximate surface area is 140 Å². The molecule has 0 aliphatic carbocycles. The van der Waals surface area contributed by atoms with Gasteiger partial charge in [0.1, 0.15) is 0 Å². The van der Waals surface area contributed by atoms with Gasteiger partial charge in [0.25, 0.3) is 5.91 Å². The van der Waals surface area contributed by atoms with Crippen LogP contribution < -0.4 is 5.73 Å². The molecule has 2 rings (SSSR count). The predicted molar refractivity (Wildman–Crippen MR) is 86.9 cm³/mol. The van der Waals surface area contributed by atoms with E-state index in [0.717, 1.165) is 5.56 Å². The maximum absolute atomic E-state index is 11.6. The fourth-order valence-corrected chi connectivity index (χ4v) is 2.01. The molecule has 0 aliphatic heterocycles. The first-order chi connectivity index (χ1) is 11.4. The fourth-order valence-electron chi connectivity index (χ4n) is 2.01. The summed E-state index contributed by atoms with van der Waals surface area (Å²) in [5.74, 6) is 0.0325. The minimum Gasteiger partial charge on any atom is -0.453 e. The van der Waals surface area contributed by atoms with Crippen LogP contribution in [0.25, 0.3) is 11.4 Å². The number of aromatic nitrogens is 2. The van der Waals surface area contributed by atoms with Gasteiger partial charge in [-0.05, 0) is 18.4 Å². The number of benzene rings is 1. The molecule has 0 unspecified atom stereocenters. The van der Waals surface area contributed by atoms with Crippen LogP contribution in [-0.2, 0) is 20.7 Å². The van der Waals surface area contributed by atoms with Crippen LogP contribution in [0.4, 0.5) is 0 Å². The van der Waals surface area contributed by atoms with E-state index in [1.165, 1.54) is 12.5 Å². The molecule has 24 heavy (non-hydrogen) atoms. The van der Waals surface area contributed by atoms with Crippen LogP contribution in [0.3, 0.4) is 0 Å². The number of esters is 1. The van der Waals surface area contributed by atoms with E-state index in [0.29, 0.717) is 17.6 Å². The Morgan fingerprint density at radius 2 is 1.88 bits per heavy atom. The third kappa shape index (κ3) is 4.65. The summed E-state index contributed by atoms with van der Waals surface area (Å²) in [6, 6.07) is 7.93. The summed E-state index contributed by atoms with van der Waals surface area (Å²) in [5, 5.41) is 3.92. The SMILES string of the molecule is CC(C)c1ccc(-c2noc(CCC(=O)O[C@H](C)C(N)=O)n2)cc1. The Morgan fingerprint density at radius 1 is 1.21 bits per heavy atom. The zero-order chi connectivity index (χ0) is 17.7. The van der Waals surface area contributed by atoms with Gasteiger partial charge in [-0.1, -0.05) is 43.3 Å². The molecule has 128 valence electrons. The first-order valence-corrected chi connectivity index (χ1v) is 7.78. The molecule has 1 amide bonds. The number of hydrogen-bond acceptors (Lipinski definition) is 6. The van der Waals surface area contributed by atoms with Gasteiger partial charge < -0.3 is 15.0 Å². The Morgan fingerprint density at radius 3 is 2.46 bits per heavy atom. The summed E-state index contributed by atoms with van der Waals surface area (Å²) in [6.07, 6.45) is -0.678. The largest absolute Gasteiger partial charge is 0.453 e. The summed E-state index contributed by atoms with van der Waals surface area (Å²) in [7, 11) is 0. The summed E-state index contributed by atoms with van der Waals surface area (Å²) in [5.41, 5.74) is 7.11. The van der Waals surface area contributed by atoms with E-state index in [1.807, 2.05) is 24.3 Å². The van der Waals surface area contributed by atoms with Crippen LogP contribution in [-0.4, -0.2) is 28.1 Å². The molecule has 7 nitrogen and oxygen atoms in total. The van der Waals surface area contributed by atoms with Crippen molar-refractivity contribution in [1.29, 1.82) is 0 Å². The van der Waals surface area contributed by atoms with E-state index < -0.39 is 18.0 Å². The van der Waals surface area contributed by atoms with Crippen molar-refractivity contribution in [3.63, 3.8) is 0 Å². The number of rotatable bonds is 7. The van der Waals surface area contributed by atoms with Crippen molar-refractivity contribution in [2.24, 2.45) is 5.73 Å². The molecule has 0 aliphatic rings. The minimum atomic E-state index is -0.949. The topological polar surface area (TPSA) is 108 Å². The molecule has 7 heteroatoms. The van der Waals surface area contributed by atoms with Gasteiger partial charge in [-0.15, -0.1) is 0 Å². The third-order valence-corrected chi connectivity index (χ3v) is 3.56. The summed E-state index contributed by atoms with van der Waals surface area (Å²) < 4.78 is 10.00. The molecule has 1 aromatic carbocycles. The molecule has 0 spiro atoms. The van der Waals surface area contributed by atoms with Gasteiger partial charge in [0.15, 0.2) is 6.10 Å². The van der Waals surface area contributed by atoms with Gasteiger partial charge in [-0.2, -0.15) is 4.98 Å². The van der Waals surface area contributed by atoms with Crippen LogP contribution in [0.1, 0.15) is 44.6 Å². The highest BCUT2D eigenvalue weighted by Crippen LogP contribution is 2.20. The first-order valence-electron chi connectivity index (χ1n) is 7.78. The second kappa shape index (κ2) is 7.72. The Hall–Kier alpha value is -2.70. The van der Waals surface area contributed by atoms with Gasteiger partial charge in [0.05, 0.1) is 6.42 Å². The maximum atomic E-state index is 11.6. The number of nitrogens with zero attached hydrogens (tertiary/aromatic N) is 2. The molecule has 0 saturated carbocycles. The highest BCUT2D eigenvalue weighted by molar-refractivity contribution is 5.81. The molecular formula is C17H21N3O4. The van der Waals surface area contributed by atoms with E-state index in [4.69, 9.17) is 15.0 Å². The number of nitrogens with two attached hydrogens (primary N) is 1. The van der Waals surface area contributed by atoms with Crippen molar-refractivity contribution in [3.8, 4) is 11.4 Å². The lowest BCUT2D eigenvalue weighted by atomic mass is 10.0. The highest BCUT2D eigenvalue weighted by Gasteiger charge is 2.16. The van der Waals surface area contributed by atoms with Crippen LogP contribution in [0, 0.1) is 0 Å². The second-order valence-corrected chi connectivity index (χ2v) is 5.82. The molecule has 0 fully saturated rings. The lowest BCUT2D eigenvalue weighted by Crippen LogP contribution is -2.30. The third-order valence-electron chi connectivity index (χ3n) is 3.56. The highest BCUT2D eigenvalue weighted by atomic mass is 16.5. The second-order valence-electron chi connectivity index (χ2n) is 5.82. The number of carbonyl (C=O) groups excluding carboxylic acids is 2. The number of aryl methyl sites for hydroxylation is 1. The Kier molecular flexibility index (Phi) is 5.68. The molecule has 0 radical (unpaired) electrons. The van der Waals surface area contributed by atoms with Crippen LogP contribution >= 0.6 is 0 Å². The van der Waals surface area contributed by atoms with Crippen molar-refractivity contribution in [2.75, 3.05) is 0 Å². The van der Waals surface area contributed by atoms with Gasteiger partial charge in [-0.3, -0.25) is 9.59 Å². The van der Waals surface area contributed by atoms with E-state index in [9.17, 15) is 9.59 Å². The summed E-state index contributed by atoms with van der Waals surface area (Å²) in [6.45, 7) is 5.67. The average Bonchev–Trinajstić information content (AvgIpc) is 3.02. The number of primary amides is 1. The molecule has 2 aromatic rings. The van der Waals surface area contributed by atoms with Crippen LogP contribution in [0.2, 0.25) is 0 Å². The van der Waals surface area contributed by atoms with E-state index >= 15 is 0 Å². The van der Waals surface area contributed by atoms with E-state index in [-0.39, 0.29) is 12.8 Å². The number of carbonyl (C=O) groups is 2.